The Labute approximate surface area is 187 Å². The first-order chi connectivity index (χ1) is 15.6. The highest BCUT2D eigenvalue weighted by Crippen LogP contribution is 2.34. The number of carbonyl (C=O) groups is 2. The Morgan fingerprint density at radius 1 is 0.969 bits per heavy atom. The van der Waals surface area contributed by atoms with E-state index in [0.29, 0.717) is 23.6 Å². The number of aryl methyl sites for hydroxylation is 1. The van der Waals surface area contributed by atoms with Crippen molar-refractivity contribution in [1.29, 1.82) is 0 Å². The number of nitrogens with one attached hydrogen (secondary N) is 3. The molecule has 0 bridgehead atoms. The summed E-state index contributed by atoms with van der Waals surface area (Å²) in [6.45, 7) is 1.89. The van der Waals surface area contributed by atoms with Crippen molar-refractivity contribution in [3.8, 4) is 0 Å². The molecule has 164 valence electrons. The van der Waals surface area contributed by atoms with E-state index in [4.69, 9.17) is 0 Å². The first kappa shape index (κ1) is 21.5. The summed E-state index contributed by atoms with van der Waals surface area (Å²) in [5.74, 6) is 0.181. The topological polar surface area (TPSA) is 96.0 Å². The number of benzene rings is 1. The monoisotopic (exact) mass is 429 g/mol. The summed E-state index contributed by atoms with van der Waals surface area (Å²) in [7, 11) is 0. The molecule has 7 nitrogen and oxygen atoms in total. The van der Waals surface area contributed by atoms with Gasteiger partial charge in [0.05, 0.1) is 11.9 Å². The number of pyridine rings is 2. The minimum atomic E-state index is -0.598. The molecule has 3 N–H and O–H groups in total. The van der Waals surface area contributed by atoms with Crippen LogP contribution in [0, 0.1) is 12.8 Å². The van der Waals surface area contributed by atoms with Gasteiger partial charge in [-0.25, -0.2) is 0 Å². The molecule has 1 aliphatic carbocycles. The zero-order chi connectivity index (χ0) is 22.3. The fraction of sp³-hybridized carbons (Fsp3) is 0.280. The molecule has 1 saturated carbocycles. The Kier molecular flexibility index (Phi) is 6.75. The number of carbonyl (C=O) groups excluding carboxylic acids is 2. The molecule has 0 aliphatic heterocycles. The number of nitrogens with zero attached hydrogens (tertiary/aromatic N) is 2. The van der Waals surface area contributed by atoms with E-state index in [9.17, 15) is 9.59 Å². The maximum absolute atomic E-state index is 12.9. The number of rotatable bonds is 9. The molecule has 32 heavy (non-hydrogen) atoms. The SMILES string of the molecule is Cc1ccc(NC(=O)C(CCC2CC2)NC(=O)c2ccc(Nc3ccncc3)cc2)cn1. The van der Waals surface area contributed by atoms with Gasteiger partial charge >= 0.3 is 0 Å². The van der Waals surface area contributed by atoms with Crippen LogP contribution in [0.25, 0.3) is 0 Å². The van der Waals surface area contributed by atoms with Crippen molar-refractivity contribution in [3.05, 3.63) is 78.4 Å². The van der Waals surface area contributed by atoms with Crippen molar-refractivity contribution < 1.29 is 9.59 Å². The third-order valence-corrected chi connectivity index (χ3v) is 5.48. The molecule has 0 saturated heterocycles. The van der Waals surface area contributed by atoms with Crippen LogP contribution < -0.4 is 16.0 Å². The highest BCUT2D eigenvalue weighted by molar-refractivity contribution is 6.01. The second kappa shape index (κ2) is 10.0. The third-order valence-electron chi connectivity index (χ3n) is 5.48. The van der Waals surface area contributed by atoms with Crippen LogP contribution in [-0.2, 0) is 4.79 Å². The van der Waals surface area contributed by atoms with Crippen LogP contribution in [0.2, 0.25) is 0 Å². The Morgan fingerprint density at radius 3 is 2.31 bits per heavy atom. The van der Waals surface area contributed by atoms with Crippen LogP contribution in [0.5, 0.6) is 0 Å². The maximum atomic E-state index is 12.9. The largest absolute Gasteiger partial charge is 0.355 e. The Hall–Kier alpha value is -3.74. The molecule has 2 amide bonds. The molecule has 3 aromatic rings. The number of aromatic nitrogens is 2. The first-order valence-corrected chi connectivity index (χ1v) is 10.9. The predicted octanol–water partition coefficient (Wildman–Crippen LogP) is 4.46. The molecule has 1 fully saturated rings. The van der Waals surface area contributed by atoms with Gasteiger partial charge in [0.15, 0.2) is 0 Å². The van der Waals surface area contributed by atoms with E-state index in [1.54, 1.807) is 30.7 Å². The van der Waals surface area contributed by atoms with Gasteiger partial charge in [0.25, 0.3) is 5.91 Å². The zero-order valence-electron chi connectivity index (χ0n) is 18.0. The molecule has 7 heteroatoms. The number of hydrogen-bond donors (Lipinski definition) is 3. The Balaban J connectivity index is 1.39. The van der Waals surface area contributed by atoms with Gasteiger partial charge in [-0.15, -0.1) is 0 Å². The fourth-order valence-electron chi connectivity index (χ4n) is 3.40. The molecule has 1 aliphatic rings. The summed E-state index contributed by atoms with van der Waals surface area (Å²) in [6.07, 6.45) is 9.00. The van der Waals surface area contributed by atoms with Crippen molar-refractivity contribution in [2.45, 2.75) is 38.6 Å². The lowest BCUT2D eigenvalue weighted by atomic mass is 10.1. The molecule has 1 atom stereocenters. The summed E-state index contributed by atoms with van der Waals surface area (Å²) < 4.78 is 0. The van der Waals surface area contributed by atoms with Crippen LogP contribution in [0.1, 0.15) is 41.7 Å². The van der Waals surface area contributed by atoms with Gasteiger partial charge in [-0.2, -0.15) is 0 Å². The van der Waals surface area contributed by atoms with Crippen LogP contribution in [-0.4, -0.2) is 27.8 Å². The second-order valence-electron chi connectivity index (χ2n) is 8.16. The van der Waals surface area contributed by atoms with E-state index in [0.717, 1.165) is 23.5 Å². The van der Waals surface area contributed by atoms with Crippen LogP contribution in [0.3, 0.4) is 0 Å². The van der Waals surface area contributed by atoms with Gasteiger partial charge in [0, 0.05) is 35.0 Å². The molecule has 2 heterocycles. The fourth-order valence-corrected chi connectivity index (χ4v) is 3.40. The summed E-state index contributed by atoms with van der Waals surface area (Å²) in [5.41, 5.74) is 3.79. The molecular weight excluding hydrogens is 402 g/mol. The summed E-state index contributed by atoms with van der Waals surface area (Å²) >= 11 is 0. The smallest absolute Gasteiger partial charge is 0.251 e. The maximum Gasteiger partial charge on any atom is 0.251 e. The molecule has 1 unspecified atom stereocenters. The summed E-state index contributed by atoms with van der Waals surface area (Å²) in [5, 5.41) is 9.05. The lowest BCUT2D eigenvalue weighted by molar-refractivity contribution is -0.118. The van der Waals surface area contributed by atoms with E-state index >= 15 is 0 Å². The lowest BCUT2D eigenvalue weighted by Gasteiger charge is -2.19. The molecule has 2 aromatic heterocycles. The molecule has 0 spiro atoms. The molecule has 4 rings (SSSR count). The number of anilines is 3. The second-order valence-corrected chi connectivity index (χ2v) is 8.16. The average Bonchev–Trinajstić information content (AvgIpc) is 3.64. The van der Waals surface area contributed by atoms with Crippen molar-refractivity contribution in [2.24, 2.45) is 5.92 Å². The van der Waals surface area contributed by atoms with E-state index in [1.165, 1.54) is 12.8 Å². The van der Waals surface area contributed by atoms with E-state index in [2.05, 4.69) is 25.9 Å². The van der Waals surface area contributed by atoms with Crippen LogP contribution >= 0.6 is 0 Å². The van der Waals surface area contributed by atoms with Crippen molar-refractivity contribution >= 4 is 28.9 Å². The Morgan fingerprint density at radius 2 is 1.66 bits per heavy atom. The number of amides is 2. The summed E-state index contributed by atoms with van der Waals surface area (Å²) in [4.78, 5) is 33.9. The van der Waals surface area contributed by atoms with Crippen molar-refractivity contribution in [2.75, 3.05) is 10.6 Å². The predicted molar refractivity (Wildman–Crippen MR) is 125 cm³/mol. The minimum Gasteiger partial charge on any atom is -0.355 e. The quantitative estimate of drug-likeness (QED) is 0.467. The summed E-state index contributed by atoms with van der Waals surface area (Å²) in [6, 6.07) is 14.0. The standard InChI is InChI=1S/C25H27N5O2/c1-17-2-8-22(16-27-17)29-25(32)23(11-5-18-3-4-18)30-24(31)19-6-9-20(10-7-19)28-21-12-14-26-15-13-21/h2,6-10,12-16,18,23H,3-5,11H2,1H3,(H,26,28)(H,29,32)(H,30,31). The highest BCUT2D eigenvalue weighted by atomic mass is 16.2. The highest BCUT2D eigenvalue weighted by Gasteiger charge is 2.27. The third kappa shape index (κ3) is 6.14. The number of hydrogen-bond acceptors (Lipinski definition) is 5. The van der Waals surface area contributed by atoms with E-state index in [-0.39, 0.29) is 11.8 Å². The van der Waals surface area contributed by atoms with Gasteiger partial charge in [0.1, 0.15) is 6.04 Å². The van der Waals surface area contributed by atoms with Crippen molar-refractivity contribution in [3.63, 3.8) is 0 Å². The van der Waals surface area contributed by atoms with Crippen LogP contribution in [0.4, 0.5) is 17.1 Å². The van der Waals surface area contributed by atoms with Gasteiger partial charge in [-0.3, -0.25) is 19.6 Å². The molecule has 0 radical (unpaired) electrons. The molecular formula is C25H27N5O2. The van der Waals surface area contributed by atoms with Gasteiger partial charge in [-0.05, 0) is 74.2 Å². The lowest BCUT2D eigenvalue weighted by Crippen LogP contribution is -2.43. The normalized spacial score (nSPS) is 13.8. The van der Waals surface area contributed by atoms with Gasteiger partial charge in [-0.1, -0.05) is 12.8 Å². The average molecular weight is 430 g/mol. The van der Waals surface area contributed by atoms with Crippen LogP contribution in [0.15, 0.2) is 67.1 Å². The van der Waals surface area contributed by atoms with Gasteiger partial charge < -0.3 is 16.0 Å². The molecule has 1 aromatic carbocycles. The van der Waals surface area contributed by atoms with E-state index < -0.39 is 6.04 Å². The Bertz CT molecular complexity index is 1050. The minimum absolute atomic E-state index is 0.222. The van der Waals surface area contributed by atoms with E-state index in [1.807, 2.05) is 43.3 Å². The first-order valence-electron chi connectivity index (χ1n) is 10.9. The van der Waals surface area contributed by atoms with Gasteiger partial charge in [0.2, 0.25) is 5.91 Å². The zero-order valence-corrected chi connectivity index (χ0v) is 18.0. The van der Waals surface area contributed by atoms with Crippen molar-refractivity contribution in [1.82, 2.24) is 15.3 Å².